The standard InChI is InChI=1S/C20H32F2N4O2/c1-4-5-10-26-11-8-16(9-12-26)25-20(23-2)24-14-15-6-7-17(27-3)13-18(15)28-19(21)22/h6-7,13,16,19H,4-5,8-12,14H2,1-3H3,(H2,23,24,25). The zero-order valence-corrected chi connectivity index (χ0v) is 17.0. The maximum absolute atomic E-state index is 12.7. The molecule has 0 aliphatic carbocycles. The lowest BCUT2D eigenvalue weighted by Crippen LogP contribution is -2.48. The summed E-state index contributed by atoms with van der Waals surface area (Å²) in [6.45, 7) is 2.98. The van der Waals surface area contributed by atoms with E-state index in [-0.39, 0.29) is 5.75 Å². The summed E-state index contributed by atoms with van der Waals surface area (Å²) in [5.41, 5.74) is 0.610. The van der Waals surface area contributed by atoms with Crippen LogP contribution in [0.3, 0.4) is 0 Å². The molecule has 1 aromatic carbocycles. The van der Waals surface area contributed by atoms with Gasteiger partial charge in [-0.2, -0.15) is 8.78 Å². The van der Waals surface area contributed by atoms with E-state index in [2.05, 4.69) is 32.2 Å². The van der Waals surface area contributed by atoms with Crippen molar-refractivity contribution in [2.45, 2.75) is 51.8 Å². The largest absolute Gasteiger partial charge is 0.497 e. The summed E-state index contributed by atoms with van der Waals surface area (Å²) in [5.74, 6) is 1.23. The molecule has 0 amide bonds. The summed E-state index contributed by atoms with van der Waals surface area (Å²) in [4.78, 5) is 6.76. The fourth-order valence-electron chi connectivity index (χ4n) is 3.26. The third kappa shape index (κ3) is 7.14. The molecule has 0 radical (unpaired) electrons. The molecular formula is C20H32F2N4O2. The Kier molecular flexibility index (Phi) is 9.27. The van der Waals surface area contributed by atoms with Crippen LogP contribution in [0.2, 0.25) is 0 Å². The molecule has 28 heavy (non-hydrogen) atoms. The first-order chi connectivity index (χ1) is 13.5. The average Bonchev–Trinajstić information content (AvgIpc) is 2.70. The van der Waals surface area contributed by atoms with Gasteiger partial charge in [0.2, 0.25) is 0 Å². The van der Waals surface area contributed by atoms with Gasteiger partial charge in [0.05, 0.1) is 7.11 Å². The van der Waals surface area contributed by atoms with Gasteiger partial charge in [0.1, 0.15) is 11.5 Å². The quantitative estimate of drug-likeness (QED) is 0.494. The Bertz CT molecular complexity index is 620. The van der Waals surface area contributed by atoms with Crippen LogP contribution < -0.4 is 20.1 Å². The molecule has 6 nitrogen and oxygen atoms in total. The number of piperidine rings is 1. The van der Waals surface area contributed by atoms with Crippen LogP contribution in [0, 0.1) is 0 Å². The molecule has 0 aromatic heterocycles. The molecule has 1 saturated heterocycles. The number of likely N-dealkylation sites (tertiary alicyclic amines) is 1. The van der Waals surface area contributed by atoms with Gasteiger partial charge < -0.3 is 25.0 Å². The van der Waals surface area contributed by atoms with E-state index < -0.39 is 6.61 Å². The third-order valence-corrected chi connectivity index (χ3v) is 4.92. The Balaban J connectivity index is 1.87. The highest BCUT2D eigenvalue weighted by molar-refractivity contribution is 5.80. The summed E-state index contributed by atoms with van der Waals surface area (Å²) >= 11 is 0. The van der Waals surface area contributed by atoms with Crippen LogP contribution in [0.4, 0.5) is 8.78 Å². The molecule has 8 heteroatoms. The molecule has 2 rings (SSSR count). The molecule has 0 unspecified atom stereocenters. The van der Waals surface area contributed by atoms with Gasteiger partial charge in [-0.1, -0.05) is 13.3 Å². The maximum atomic E-state index is 12.7. The summed E-state index contributed by atoms with van der Waals surface area (Å²) in [6, 6.07) is 5.25. The summed E-state index contributed by atoms with van der Waals surface area (Å²) < 4.78 is 35.1. The summed E-state index contributed by atoms with van der Waals surface area (Å²) in [6.07, 6.45) is 4.59. The second-order valence-electron chi connectivity index (χ2n) is 6.89. The Morgan fingerprint density at radius 3 is 2.68 bits per heavy atom. The molecule has 0 bridgehead atoms. The zero-order chi connectivity index (χ0) is 20.4. The topological polar surface area (TPSA) is 58.1 Å². The molecule has 1 aromatic rings. The first-order valence-corrected chi connectivity index (χ1v) is 9.87. The van der Waals surface area contributed by atoms with Gasteiger partial charge in [-0.15, -0.1) is 0 Å². The van der Waals surface area contributed by atoms with Crippen molar-refractivity contribution in [3.63, 3.8) is 0 Å². The summed E-state index contributed by atoms with van der Waals surface area (Å²) in [7, 11) is 3.19. The monoisotopic (exact) mass is 398 g/mol. The molecule has 0 saturated carbocycles. The van der Waals surface area contributed by atoms with Crippen LogP contribution >= 0.6 is 0 Å². The lowest BCUT2D eigenvalue weighted by Gasteiger charge is -2.33. The van der Waals surface area contributed by atoms with Gasteiger partial charge in [0.25, 0.3) is 0 Å². The number of methoxy groups -OCH3 is 1. The molecule has 158 valence electrons. The number of ether oxygens (including phenoxy) is 2. The van der Waals surface area contributed by atoms with Crippen molar-refractivity contribution in [3.05, 3.63) is 23.8 Å². The van der Waals surface area contributed by atoms with E-state index in [0.29, 0.717) is 29.9 Å². The number of hydrogen-bond donors (Lipinski definition) is 2. The van der Waals surface area contributed by atoms with Gasteiger partial charge in [0, 0.05) is 44.4 Å². The van der Waals surface area contributed by atoms with Crippen molar-refractivity contribution in [1.82, 2.24) is 15.5 Å². The van der Waals surface area contributed by atoms with Crippen molar-refractivity contribution in [2.24, 2.45) is 4.99 Å². The minimum Gasteiger partial charge on any atom is -0.497 e. The van der Waals surface area contributed by atoms with E-state index in [0.717, 1.165) is 25.9 Å². The van der Waals surface area contributed by atoms with Crippen molar-refractivity contribution < 1.29 is 18.3 Å². The predicted octanol–water partition coefficient (Wildman–Crippen LogP) is 3.23. The molecular weight excluding hydrogens is 366 g/mol. The fourth-order valence-corrected chi connectivity index (χ4v) is 3.26. The van der Waals surface area contributed by atoms with E-state index >= 15 is 0 Å². The molecule has 1 fully saturated rings. The smallest absolute Gasteiger partial charge is 0.387 e. The van der Waals surface area contributed by atoms with Crippen LogP contribution in [0.15, 0.2) is 23.2 Å². The second-order valence-corrected chi connectivity index (χ2v) is 6.89. The first kappa shape index (κ1) is 22.2. The van der Waals surface area contributed by atoms with Gasteiger partial charge in [0.15, 0.2) is 5.96 Å². The van der Waals surface area contributed by atoms with E-state index in [4.69, 9.17) is 4.74 Å². The highest BCUT2D eigenvalue weighted by Gasteiger charge is 2.19. The minimum absolute atomic E-state index is 0.0986. The predicted molar refractivity (Wildman–Crippen MR) is 107 cm³/mol. The number of halogens is 2. The number of hydrogen-bond acceptors (Lipinski definition) is 4. The average molecular weight is 398 g/mol. The molecule has 2 N–H and O–H groups in total. The van der Waals surface area contributed by atoms with Crippen LogP contribution in [0.25, 0.3) is 0 Å². The van der Waals surface area contributed by atoms with E-state index in [1.807, 2.05) is 0 Å². The van der Waals surface area contributed by atoms with Crippen LogP contribution in [-0.2, 0) is 6.54 Å². The fraction of sp³-hybridized carbons (Fsp3) is 0.650. The van der Waals surface area contributed by atoms with Crippen molar-refractivity contribution in [1.29, 1.82) is 0 Å². The minimum atomic E-state index is -2.89. The lowest BCUT2D eigenvalue weighted by atomic mass is 10.0. The van der Waals surface area contributed by atoms with Crippen LogP contribution in [0.1, 0.15) is 38.2 Å². The second kappa shape index (κ2) is 11.7. The zero-order valence-electron chi connectivity index (χ0n) is 17.0. The normalized spacial score (nSPS) is 16.3. The van der Waals surface area contributed by atoms with Gasteiger partial charge in [-0.3, -0.25) is 4.99 Å². The SMILES string of the molecule is CCCCN1CCC(NC(=NC)NCc2ccc(OC)cc2OC(F)F)CC1. The first-order valence-electron chi connectivity index (χ1n) is 9.87. The van der Waals surface area contributed by atoms with Crippen molar-refractivity contribution in [2.75, 3.05) is 33.8 Å². The molecule has 1 aliphatic heterocycles. The van der Waals surface area contributed by atoms with Gasteiger partial charge >= 0.3 is 6.61 Å². The third-order valence-electron chi connectivity index (χ3n) is 4.92. The number of nitrogens with zero attached hydrogens (tertiary/aromatic N) is 2. The number of aliphatic imine (C=N–C) groups is 1. The molecule has 1 aliphatic rings. The molecule has 0 atom stereocenters. The number of unbranched alkanes of at least 4 members (excludes halogenated alkanes) is 1. The van der Waals surface area contributed by atoms with Gasteiger partial charge in [-0.05, 0) is 37.9 Å². The Labute approximate surface area is 166 Å². The van der Waals surface area contributed by atoms with Crippen molar-refractivity contribution >= 4 is 5.96 Å². The number of nitrogens with one attached hydrogen (secondary N) is 2. The Hall–Kier alpha value is -2.09. The number of guanidine groups is 1. The highest BCUT2D eigenvalue weighted by Crippen LogP contribution is 2.26. The number of rotatable bonds is 9. The van der Waals surface area contributed by atoms with E-state index in [9.17, 15) is 8.78 Å². The van der Waals surface area contributed by atoms with Crippen molar-refractivity contribution in [3.8, 4) is 11.5 Å². The summed E-state index contributed by atoms with van der Waals surface area (Å²) in [5, 5.41) is 6.62. The maximum Gasteiger partial charge on any atom is 0.387 e. The Morgan fingerprint density at radius 1 is 1.32 bits per heavy atom. The number of alkyl halides is 2. The lowest BCUT2D eigenvalue weighted by molar-refractivity contribution is -0.0505. The molecule has 1 heterocycles. The van der Waals surface area contributed by atoms with E-state index in [1.165, 1.54) is 32.6 Å². The van der Waals surface area contributed by atoms with E-state index in [1.54, 1.807) is 19.2 Å². The van der Waals surface area contributed by atoms with Crippen LogP contribution in [-0.4, -0.2) is 57.3 Å². The number of benzene rings is 1. The Morgan fingerprint density at radius 2 is 2.07 bits per heavy atom. The van der Waals surface area contributed by atoms with Crippen LogP contribution in [0.5, 0.6) is 11.5 Å². The molecule has 0 spiro atoms. The highest BCUT2D eigenvalue weighted by atomic mass is 19.3. The van der Waals surface area contributed by atoms with Gasteiger partial charge in [-0.25, -0.2) is 0 Å².